The van der Waals surface area contributed by atoms with Crippen LogP contribution in [0.3, 0.4) is 0 Å². The van der Waals surface area contributed by atoms with E-state index in [1.165, 1.54) is 14.2 Å². The summed E-state index contributed by atoms with van der Waals surface area (Å²) in [5, 5.41) is 2.31. The first-order valence-corrected chi connectivity index (χ1v) is 5.78. The maximum atomic E-state index is 11.6. The second-order valence-electron chi connectivity index (χ2n) is 3.16. The Hall–Kier alpha value is -1.82. The van der Waals surface area contributed by atoms with Gasteiger partial charge in [0.15, 0.2) is 0 Å². The number of esters is 1. The number of ether oxygens (including phenoxy) is 2. The number of halogens is 1. The molecule has 1 aromatic rings. The van der Waals surface area contributed by atoms with Crippen molar-refractivity contribution >= 4 is 32.5 Å². The lowest BCUT2D eigenvalue weighted by atomic mass is 10.2. The SMILES string of the molecule is COC(=O)N/C(C(=O)OC)=C(/Br)c1ccccc1. The van der Waals surface area contributed by atoms with Crippen molar-refractivity contribution in [3.8, 4) is 0 Å². The average Bonchev–Trinajstić information content (AvgIpc) is 2.43. The van der Waals surface area contributed by atoms with E-state index in [0.717, 1.165) is 5.56 Å². The van der Waals surface area contributed by atoms with Gasteiger partial charge in [0.05, 0.1) is 18.7 Å². The molecule has 0 unspecified atom stereocenters. The molecule has 1 rings (SSSR count). The fourth-order valence-electron chi connectivity index (χ4n) is 1.18. The zero-order valence-electron chi connectivity index (χ0n) is 9.90. The molecule has 0 bridgehead atoms. The zero-order valence-corrected chi connectivity index (χ0v) is 11.5. The van der Waals surface area contributed by atoms with Crippen molar-refractivity contribution in [2.24, 2.45) is 0 Å². The van der Waals surface area contributed by atoms with Gasteiger partial charge < -0.3 is 9.47 Å². The molecule has 1 amide bonds. The Morgan fingerprint density at radius 3 is 2.22 bits per heavy atom. The predicted octanol–water partition coefficient (Wildman–Crippen LogP) is 2.28. The number of alkyl carbamates (subject to hydrolysis) is 1. The third-order valence-electron chi connectivity index (χ3n) is 2.05. The Morgan fingerprint density at radius 1 is 1.11 bits per heavy atom. The van der Waals surface area contributed by atoms with E-state index in [2.05, 4.69) is 30.7 Å². The maximum Gasteiger partial charge on any atom is 0.411 e. The molecule has 0 aromatic heterocycles. The highest BCUT2D eigenvalue weighted by Crippen LogP contribution is 2.24. The minimum Gasteiger partial charge on any atom is -0.464 e. The summed E-state index contributed by atoms with van der Waals surface area (Å²) in [4.78, 5) is 22.8. The monoisotopic (exact) mass is 313 g/mol. The van der Waals surface area contributed by atoms with E-state index < -0.39 is 12.1 Å². The largest absolute Gasteiger partial charge is 0.464 e. The van der Waals surface area contributed by atoms with Crippen LogP contribution in [-0.2, 0) is 14.3 Å². The normalized spacial score (nSPS) is 11.3. The predicted molar refractivity (Wildman–Crippen MR) is 69.8 cm³/mol. The molecule has 0 spiro atoms. The second kappa shape index (κ2) is 6.80. The molecule has 1 N–H and O–H groups in total. The standard InChI is InChI=1S/C12H12BrNO4/c1-17-11(15)10(14-12(16)18-2)9(13)8-6-4-3-5-7-8/h3-7H,1-2H3,(H,14,16)/b10-9+. The van der Waals surface area contributed by atoms with Gasteiger partial charge in [0.2, 0.25) is 0 Å². The summed E-state index contributed by atoms with van der Waals surface area (Å²) in [5.41, 5.74) is 0.713. The molecule has 0 radical (unpaired) electrons. The van der Waals surface area contributed by atoms with Gasteiger partial charge in [-0.1, -0.05) is 30.3 Å². The Balaban J connectivity index is 3.15. The number of amides is 1. The molecule has 0 saturated carbocycles. The third kappa shape index (κ3) is 3.59. The number of hydrogen-bond acceptors (Lipinski definition) is 4. The van der Waals surface area contributed by atoms with E-state index in [0.29, 0.717) is 4.48 Å². The van der Waals surface area contributed by atoms with Crippen LogP contribution in [0.25, 0.3) is 4.48 Å². The first-order chi connectivity index (χ1) is 8.60. The molecule has 5 nitrogen and oxygen atoms in total. The lowest BCUT2D eigenvalue weighted by molar-refractivity contribution is -0.136. The van der Waals surface area contributed by atoms with E-state index in [9.17, 15) is 9.59 Å². The molecule has 0 aliphatic rings. The van der Waals surface area contributed by atoms with Crippen LogP contribution >= 0.6 is 15.9 Å². The van der Waals surface area contributed by atoms with Crippen LogP contribution in [0.2, 0.25) is 0 Å². The molecule has 18 heavy (non-hydrogen) atoms. The summed E-state index contributed by atoms with van der Waals surface area (Å²) in [5.74, 6) is -0.670. The van der Waals surface area contributed by atoms with Gasteiger partial charge in [-0.3, -0.25) is 5.32 Å². The fraction of sp³-hybridized carbons (Fsp3) is 0.167. The van der Waals surface area contributed by atoms with Gasteiger partial charge in [-0.2, -0.15) is 0 Å². The second-order valence-corrected chi connectivity index (χ2v) is 3.96. The van der Waals surface area contributed by atoms with E-state index >= 15 is 0 Å². The summed E-state index contributed by atoms with van der Waals surface area (Å²) < 4.78 is 9.47. The van der Waals surface area contributed by atoms with Crippen molar-refractivity contribution in [1.29, 1.82) is 0 Å². The van der Waals surface area contributed by atoms with Crippen molar-refractivity contribution in [2.45, 2.75) is 0 Å². The zero-order chi connectivity index (χ0) is 13.5. The Labute approximate surface area is 113 Å². The average molecular weight is 314 g/mol. The minimum absolute atomic E-state index is 0.0180. The Bertz CT molecular complexity index is 470. The molecule has 96 valence electrons. The van der Waals surface area contributed by atoms with Crippen LogP contribution in [0.5, 0.6) is 0 Å². The van der Waals surface area contributed by atoms with Crippen LogP contribution in [0.15, 0.2) is 36.0 Å². The van der Waals surface area contributed by atoms with Gasteiger partial charge >= 0.3 is 12.1 Å². The highest BCUT2D eigenvalue weighted by Gasteiger charge is 2.18. The first-order valence-electron chi connectivity index (χ1n) is 4.98. The van der Waals surface area contributed by atoms with Crippen LogP contribution in [-0.4, -0.2) is 26.3 Å². The number of benzene rings is 1. The van der Waals surface area contributed by atoms with Gasteiger partial charge in [0.25, 0.3) is 0 Å². The van der Waals surface area contributed by atoms with E-state index in [1.807, 2.05) is 18.2 Å². The van der Waals surface area contributed by atoms with Crippen LogP contribution < -0.4 is 5.32 Å². The van der Waals surface area contributed by atoms with Crippen LogP contribution in [0.4, 0.5) is 4.79 Å². The summed E-state index contributed by atoms with van der Waals surface area (Å²) in [6.45, 7) is 0. The number of methoxy groups -OCH3 is 2. The van der Waals surface area contributed by atoms with Crippen molar-refractivity contribution < 1.29 is 19.1 Å². The number of rotatable bonds is 3. The molecule has 1 aromatic carbocycles. The van der Waals surface area contributed by atoms with Gasteiger partial charge in [0.1, 0.15) is 5.70 Å². The molecular weight excluding hydrogens is 302 g/mol. The van der Waals surface area contributed by atoms with E-state index in [1.54, 1.807) is 12.1 Å². The number of carbonyl (C=O) groups excluding carboxylic acids is 2. The maximum absolute atomic E-state index is 11.6. The minimum atomic E-state index is -0.747. The fourth-order valence-corrected chi connectivity index (χ4v) is 1.70. The molecule has 0 aliphatic carbocycles. The lowest BCUT2D eigenvalue weighted by Gasteiger charge is -2.10. The first kappa shape index (κ1) is 14.2. The Morgan fingerprint density at radius 2 is 1.72 bits per heavy atom. The van der Waals surface area contributed by atoms with Gasteiger partial charge in [-0.05, 0) is 21.5 Å². The lowest BCUT2D eigenvalue weighted by Crippen LogP contribution is -2.28. The highest BCUT2D eigenvalue weighted by atomic mass is 79.9. The quantitative estimate of drug-likeness (QED) is 0.687. The summed E-state index contributed by atoms with van der Waals surface area (Å²) >= 11 is 3.26. The van der Waals surface area contributed by atoms with Gasteiger partial charge in [0, 0.05) is 0 Å². The smallest absolute Gasteiger partial charge is 0.411 e. The molecule has 0 saturated heterocycles. The van der Waals surface area contributed by atoms with Crippen LogP contribution in [0, 0.1) is 0 Å². The van der Waals surface area contributed by atoms with Crippen molar-refractivity contribution in [3.63, 3.8) is 0 Å². The topological polar surface area (TPSA) is 64.6 Å². The van der Waals surface area contributed by atoms with E-state index in [4.69, 9.17) is 0 Å². The number of nitrogens with one attached hydrogen (secondary N) is 1. The summed E-state index contributed by atoms with van der Waals surface area (Å²) in [6.07, 6.45) is -0.747. The molecular formula is C12H12BrNO4. The van der Waals surface area contributed by atoms with Crippen molar-refractivity contribution in [1.82, 2.24) is 5.32 Å². The summed E-state index contributed by atoms with van der Waals surface area (Å²) in [7, 11) is 2.44. The summed E-state index contributed by atoms with van der Waals surface area (Å²) in [6, 6.07) is 9.03. The van der Waals surface area contributed by atoms with Crippen LogP contribution in [0.1, 0.15) is 5.56 Å². The molecule has 6 heteroatoms. The molecule has 0 atom stereocenters. The van der Waals surface area contributed by atoms with Crippen molar-refractivity contribution in [3.05, 3.63) is 41.6 Å². The number of hydrogen-bond donors (Lipinski definition) is 1. The van der Waals surface area contributed by atoms with Gasteiger partial charge in [-0.25, -0.2) is 9.59 Å². The van der Waals surface area contributed by atoms with E-state index in [-0.39, 0.29) is 5.70 Å². The molecule has 0 fully saturated rings. The molecule has 0 aliphatic heterocycles. The number of carbonyl (C=O) groups is 2. The van der Waals surface area contributed by atoms with Crippen molar-refractivity contribution in [2.75, 3.05) is 14.2 Å². The van der Waals surface area contributed by atoms with Gasteiger partial charge in [-0.15, -0.1) is 0 Å². The molecule has 0 heterocycles. The Kier molecular flexibility index (Phi) is 5.38. The third-order valence-corrected chi connectivity index (χ3v) is 2.90. The highest BCUT2D eigenvalue weighted by molar-refractivity contribution is 9.15.